The maximum atomic E-state index is 12.3. The zero-order valence-electron chi connectivity index (χ0n) is 14.3. The number of fused-ring (bicyclic) bond motifs is 1. The van der Waals surface area contributed by atoms with Gasteiger partial charge in [-0.1, -0.05) is 17.7 Å². The van der Waals surface area contributed by atoms with Crippen molar-refractivity contribution in [2.75, 3.05) is 12.1 Å². The van der Waals surface area contributed by atoms with Crippen LogP contribution in [0.1, 0.15) is 28.4 Å². The average molecular weight is 341 g/mol. The molecule has 0 spiro atoms. The van der Waals surface area contributed by atoms with Gasteiger partial charge in [-0.05, 0) is 44.5 Å². The predicted molar refractivity (Wildman–Crippen MR) is 92.0 cm³/mol. The third kappa shape index (κ3) is 3.74. The number of nitrogens with one attached hydrogen (secondary N) is 1. The van der Waals surface area contributed by atoms with Gasteiger partial charge in [0.1, 0.15) is 0 Å². The number of carbonyl (C=O) groups excluding carboxylic acids is 2. The van der Waals surface area contributed by atoms with Crippen molar-refractivity contribution in [1.82, 2.24) is 0 Å². The molecule has 1 heterocycles. The van der Waals surface area contributed by atoms with Crippen LogP contribution in [0.25, 0.3) is 0 Å². The van der Waals surface area contributed by atoms with Crippen molar-refractivity contribution in [3.8, 4) is 11.5 Å². The zero-order chi connectivity index (χ0) is 18.0. The molecular weight excluding hydrogens is 322 g/mol. The second-order valence-corrected chi connectivity index (χ2v) is 5.92. The smallest absolute Gasteiger partial charge is 0.339 e. The summed E-state index contributed by atoms with van der Waals surface area (Å²) in [7, 11) is 0. The Bertz CT molecular complexity index is 831. The fourth-order valence-corrected chi connectivity index (χ4v) is 2.45. The second kappa shape index (κ2) is 6.84. The molecule has 6 heteroatoms. The van der Waals surface area contributed by atoms with Crippen molar-refractivity contribution in [2.45, 2.75) is 26.9 Å². The highest BCUT2D eigenvalue weighted by atomic mass is 16.7. The van der Waals surface area contributed by atoms with Crippen LogP contribution < -0.4 is 14.8 Å². The lowest BCUT2D eigenvalue weighted by atomic mass is 10.1. The summed E-state index contributed by atoms with van der Waals surface area (Å²) in [6.45, 7) is 5.42. The molecule has 1 amide bonds. The molecule has 0 radical (unpaired) electrons. The van der Waals surface area contributed by atoms with Crippen LogP contribution in [0.3, 0.4) is 0 Å². The fourth-order valence-electron chi connectivity index (χ4n) is 2.45. The van der Waals surface area contributed by atoms with Crippen LogP contribution in [0.2, 0.25) is 0 Å². The number of hydrogen-bond donors (Lipinski definition) is 1. The second-order valence-electron chi connectivity index (χ2n) is 5.92. The number of carbonyl (C=O) groups is 2. The van der Waals surface area contributed by atoms with Gasteiger partial charge in [0.15, 0.2) is 17.6 Å². The van der Waals surface area contributed by atoms with Gasteiger partial charge in [-0.2, -0.15) is 0 Å². The van der Waals surface area contributed by atoms with E-state index in [-0.39, 0.29) is 6.79 Å². The molecule has 0 unspecified atom stereocenters. The Balaban J connectivity index is 1.64. The molecule has 0 bridgehead atoms. The van der Waals surface area contributed by atoms with E-state index in [4.69, 9.17) is 14.2 Å². The molecule has 0 saturated heterocycles. The average Bonchev–Trinajstić information content (AvgIpc) is 3.04. The summed E-state index contributed by atoms with van der Waals surface area (Å²) < 4.78 is 15.8. The summed E-state index contributed by atoms with van der Waals surface area (Å²) in [5.41, 5.74) is 2.76. The Morgan fingerprint density at radius 1 is 1.08 bits per heavy atom. The first-order chi connectivity index (χ1) is 11.9. The zero-order valence-corrected chi connectivity index (χ0v) is 14.3. The number of esters is 1. The SMILES string of the molecule is Cc1ccc(C)c(C(=O)O[C@H](C)C(=O)Nc2ccc3c(c2)OCO3)c1. The topological polar surface area (TPSA) is 73.9 Å². The lowest BCUT2D eigenvalue weighted by Gasteiger charge is -2.15. The molecule has 1 aliphatic rings. The molecule has 0 fully saturated rings. The third-order valence-corrected chi connectivity index (χ3v) is 3.91. The van der Waals surface area contributed by atoms with Crippen LogP contribution in [0.5, 0.6) is 11.5 Å². The lowest BCUT2D eigenvalue weighted by Crippen LogP contribution is -2.30. The summed E-state index contributed by atoms with van der Waals surface area (Å²) in [6, 6.07) is 10.6. The molecule has 0 aliphatic carbocycles. The molecule has 3 rings (SSSR count). The van der Waals surface area contributed by atoms with Gasteiger partial charge >= 0.3 is 5.97 Å². The van der Waals surface area contributed by atoms with E-state index in [1.165, 1.54) is 6.92 Å². The molecule has 0 aromatic heterocycles. The first-order valence-corrected chi connectivity index (χ1v) is 7.93. The van der Waals surface area contributed by atoms with Crippen LogP contribution in [-0.4, -0.2) is 24.8 Å². The van der Waals surface area contributed by atoms with Gasteiger partial charge in [-0.3, -0.25) is 4.79 Å². The lowest BCUT2D eigenvalue weighted by molar-refractivity contribution is -0.123. The van der Waals surface area contributed by atoms with Crippen LogP contribution in [0.4, 0.5) is 5.69 Å². The van der Waals surface area contributed by atoms with Gasteiger partial charge in [0.25, 0.3) is 5.91 Å². The number of anilines is 1. The predicted octanol–water partition coefficient (Wildman–Crippen LogP) is 3.22. The minimum Gasteiger partial charge on any atom is -0.454 e. The summed E-state index contributed by atoms with van der Waals surface area (Å²) in [5, 5.41) is 2.70. The molecule has 25 heavy (non-hydrogen) atoms. The van der Waals surface area contributed by atoms with E-state index in [2.05, 4.69) is 5.32 Å². The molecule has 2 aromatic carbocycles. The van der Waals surface area contributed by atoms with Gasteiger partial charge in [0.05, 0.1) is 5.56 Å². The molecule has 1 N–H and O–H groups in total. The first kappa shape index (κ1) is 16.8. The van der Waals surface area contributed by atoms with E-state index in [0.29, 0.717) is 22.7 Å². The molecule has 130 valence electrons. The number of amides is 1. The highest BCUT2D eigenvalue weighted by Gasteiger charge is 2.21. The number of aryl methyl sites for hydroxylation is 2. The van der Waals surface area contributed by atoms with E-state index in [0.717, 1.165) is 11.1 Å². The Morgan fingerprint density at radius 2 is 1.84 bits per heavy atom. The summed E-state index contributed by atoms with van der Waals surface area (Å²) in [5.74, 6) is 0.261. The van der Waals surface area contributed by atoms with Crippen molar-refractivity contribution in [3.63, 3.8) is 0 Å². The van der Waals surface area contributed by atoms with Crippen molar-refractivity contribution < 1.29 is 23.8 Å². The molecule has 2 aromatic rings. The Kier molecular flexibility index (Phi) is 4.61. The first-order valence-electron chi connectivity index (χ1n) is 7.93. The van der Waals surface area contributed by atoms with Crippen LogP contribution in [0.15, 0.2) is 36.4 Å². The maximum Gasteiger partial charge on any atom is 0.339 e. The number of benzene rings is 2. The largest absolute Gasteiger partial charge is 0.454 e. The summed E-state index contributed by atoms with van der Waals surface area (Å²) in [4.78, 5) is 24.6. The van der Waals surface area contributed by atoms with Crippen LogP contribution in [0, 0.1) is 13.8 Å². The summed E-state index contributed by atoms with van der Waals surface area (Å²) >= 11 is 0. The van der Waals surface area contributed by atoms with E-state index < -0.39 is 18.0 Å². The van der Waals surface area contributed by atoms with Gasteiger partial charge < -0.3 is 19.5 Å². The van der Waals surface area contributed by atoms with Crippen molar-refractivity contribution >= 4 is 17.6 Å². The normalized spacial score (nSPS) is 13.2. The Labute approximate surface area is 145 Å². The van der Waals surface area contributed by atoms with E-state index in [1.54, 1.807) is 24.3 Å². The van der Waals surface area contributed by atoms with Gasteiger partial charge in [-0.25, -0.2) is 4.79 Å². The number of ether oxygens (including phenoxy) is 3. The van der Waals surface area contributed by atoms with Crippen molar-refractivity contribution in [3.05, 3.63) is 53.1 Å². The van der Waals surface area contributed by atoms with Crippen molar-refractivity contribution in [2.24, 2.45) is 0 Å². The fraction of sp³-hybridized carbons (Fsp3) is 0.263. The highest BCUT2D eigenvalue weighted by molar-refractivity contribution is 5.98. The minimum atomic E-state index is -0.933. The molecule has 1 atom stereocenters. The molecule has 0 saturated carbocycles. The van der Waals surface area contributed by atoms with Crippen molar-refractivity contribution in [1.29, 1.82) is 0 Å². The maximum absolute atomic E-state index is 12.3. The molecule has 6 nitrogen and oxygen atoms in total. The van der Waals surface area contributed by atoms with Gasteiger partial charge in [0, 0.05) is 11.8 Å². The van der Waals surface area contributed by atoms with Gasteiger partial charge in [-0.15, -0.1) is 0 Å². The minimum absolute atomic E-state index is 0.163. The van der Waals surface area contributed by atoms with Crippen LogP contribution in [-0.2, 0) is 9.53 Å². The van der Waals surface area contributed by atoms with Gasteiger partial charge in [0.2, 0.25) is 6.79 Å². The summed E-state index contributed by atoms with van der Waals surface area (Å²) in [6.07, 6.45) is -0.933. The Hall–Kier alpha value is -3.02. The molecular formula is C19H19NO5. The van der Waals surface area contributed by atoms with E-state index >= 15 is 0 Å². The monoisotopic (exact) mass is 341 g/mol. The highest BCUT2D eigenvalue weighted by Crippen LogP contribution is 2.34. The number of hydrogen-bond acceptors (Lipinski definition) is 5. The van der Waals surface area contributed by atoms with E-state index in [9.17, 15) is 9.59 Å². The molecule has 1 aliphatic heterocycles. The van der Waals surface area contributed by atoms with E-state index in [1.807, 2.05) is 26.0 Å². The Morgan fingerprint density at radius 3 is 2.64 bits per heavy atom. The standard InChI is InChI=1S/C19H19NO5/c1-11-4-5-12(2)15(8-11)19(22)25-13(3)18(21)20-14-6-7-16-17(9-14)24-10-23-16/h4-9,13H,10H2,1-3H3,(H,20,21)/t13-/m1/s1. The third-order valence-electron chi connectivity index (χ3n) is 3.91. The quantitative estimate of drug-likeness (QED) is 0.865. The number of rotatable bonds is 4. The van der Waals surface area contributed by atoms with Crippen LogP contribution >= 0.6 is 0 Å².